The molecule has 0 bridgehead atoms. The molecule has 0 unspecified atom stereocenters. The molecule has 3 rings (SSSR count). The number of hydrogen-bond acceptors (Lipinski definition) is 6. The molecular formula is C16H14N4O2. The van der Waals surface area contributed by atoms with Crippen LogP contribution in [0.25, 0.3) is 0 Å². The van der Waals surface area contributed by atoms with Crippen LogP contribution in [0.5, 0.6) is 23.5 Å². The monoisotopic (exact) mass is 294 g/mol. The first-order valence-electron chi connectivity index (χ1n) is 6.75. The molecule has 2 aromatic carbocycles. The molecule has 0 aliphatic heterocycles. The summed E-state index contributed by atoms with van der Waals surface area (Å²) in [5, 5.41) is 15.4. The molecule has 22 heavy (non-hydrogen) atoms. The summed E-state index contributed by atoms with van der Waals surface area (Å²) in [6.45, 7) is 4.00. The zero-order valence-electron chi connectivity index (χ0n) is 12.2. The van der Waals surface area contributed by atoms with Gasteiger partial charge in [0, 0.05) is 0 Å². The Kier molecular flexibility index (Phi) is 3.91. The largest absolute Gasteiger partial charge is 0.422 e. The third-order valence-corrected chi connectivity index (χ3v) is 2.90. The van der Waals surface area contributed by atoms with Gasteiger partial charge < -0.3 is 9.47 Å². The molecule has 0 amide bonds. The third kappa shape index (κ3) is 3.54. The summed E-state index contributed by atoms with van der Waals surface area (Å²) in [5.74, 6) is 1.25. The summed E-state index contributed by atoms with van der Waals surface area (Å²) in [7, 11) is 0. The normalized spacial score (nSPS) is 10.3. The van der Waals surface area contributed by atoms with Gasteiger partial charge in [0.1, 0.15) is 11.5 Å². The molecule has 0 N–H and O–H groups in total. The van der Waals surface area contributed by atoms with E-state index in [9.17, 15) is 0 Å². The maximum Gasteiger partial charge on any atom is 0.360 e. The maximum atomic E-state index is 5.45. The highest BCUT2D eigenvalue weighted by Crippen LogP contribution is 2.19. The quantitative estimate of drug-likeness (QED) is 0.733. The highest BCUT2D eigenvalue weighted by molar-refractivity contribution is 5.29. The van der Waals surface area contributed by atoms with E-state index in [2.05, 4.69) is 20.4 Å². The summed E-state index contributed by atoms with van der Waals surface area (Å²) >= 11 is 0. The lowest BCUT2D eigenvalue weighted by Crippen LogP contribution is -2.00. The van der Waals surface area contributed by atoms with Crippen LogP contribution in [0.15, 0.2) is 48.5 Å². The SMILES string of the molecule is Cc1ccc(Oc2nnc(Oc3ccc(C)cc3)nn2)cc1. The molecule has 1 heterocycles. The van der Waals surface area contributed by atoms with E-state index >= 15 is 0 Å². The van der Waals surface area contributed by atoms with Gasteiger partial charge in [0.05, 0.1) is 0 Å². The number of ether oxygens (including phenoxy) is 2. The van der Waals surface area contributed by atoms with Gasteiger partial charge in [0.2, 0.25) is 0 Å². The maximum absolute atomic E-state index is 5.45. The van der Waals surface area contributed by atoms with Crippen LogP contribution < -0.4 is 9.47 Å². The molecule has 110 valence electrons. The molecule has 0 atom stereocenters. The molecule has 6 nitrogen and oxygen atoms in total. The van der Waals surface area contributed by atoms with Crippen LogP contribution in [0.1, 0.15) is 11.1 Å². The lowest BCUT2D eigenvalue weighted by atomic mass is 10.2. The van der Waals surface area contributed by atoms with E-state index < -0.39 is 0 Å². The van der Waals surface area contributed by atoms with Gasteiger partial charge in [-0.05, 0) is 38.1 Å². The van der Waals surface area contributed by atoms with Crippen LogP contribution >= 0.6 is 0 Å². The van der Waals surface area contributed by atoms with Crippen molar-refractivity contribution < 1.29 is 9.47 Å². The van der Waals surface area contributed by atoms with Crippen LogP contribution in [0.2, 0.25) is 0 Å². The highest BCUT2D eigenvalue weighted by atomic mass is 16.5. The Morgan fingerprint density at radius 1 is 0.545 bits per heavy atom. The second kappa shape index (κ2) is 6.17. The van der Waals surface area contributed by atoms with E-state index in [1.54, 1.807) is 0 Å². The van der Waals surface area contributed by atoms with Crippen LogP contribution in [0, 0.1) is 13.8 Å². The summed E-state index contributed by atoms with van der Waals surface area (Å²) in [4.78, 5) is 0. The first-order valence-corrected chi connectivity index (χ1v) is 6.75. The number of aromatic nitrogens is 4. The van der Waals surface area contributed by atoms with Crippen LogP contribution in [-0.2, 0) is 0 Å². The molecule has 0 aliphatic rings. The van der Waals surface area contributed by atoms with Gasteiger partial charge in [-0.1, -0.05) is 55.8 Å². The molecule has 1 aromatic heterocycles. The van der Waals surface area contributed by atoms with E-state index in [4.69, 9.17) is 9.47 Å². The van der Waals surface area contributed by atoms with Crippen molar-refractivity contribution in [3.05, 3.63) is 59.7 Å². The van der Waals surface area contributed by atoms with Crippen molar-refractivity contribution in [1.29, 1.82) is 0 Å². The van der Waals surface area contributed by atoms with Crippen molar-refractivity contribution in [1.82, 2.24) is 20.4 Å². The Morgan fingerprint density at radius 2 is 0.864 bits per heavy atom. The van der Waals surface area contributed by atoms with Gasteiger partial charge >= 0.3 is 12.0 Å². The molecular weight excluding hydrogens is 280 g/mol. The molecule has 0 fully saturated rings. The third-order valence-electron chi connectivity index (χ3n) is 2.90. The van der Waals surface area contributed by atoms with Gasteiger partial charge in [-0.15, -0.1) is 0 Å². The Balaban J connectivity index is 1.67. The minimum absolute atomic E-state index is 0.0695. The molecule has 0 saturated carbocycles. The summed E-state index contributed by atoms with van der Waals surface area (Å²) in [6.07, 6.45) is 0. The zero-order valence-corrected chi connectivity index (χ0v) is 12.2. The van der Waals surface area contributed by atoms with Crippen molar-refractivity contribution in [2.75, 3.05) is 0 Å². The molecule has 0 spiro atoms. The topological polar surface area (TPSA) is 70.0 Å². The lowest BCUT2D eigenvalue weighted by Gasteiger charge is -2.04. The molecule has 0 aliphatic carbocycles. The van der Waals surface area contributed by atoms with Gasteiger partial charge in [-0.3, -0.25) is 0 Å². The number of rotatable bonds is 4. The van der Waals surface area contributed by atoms with Crippen LogP contribution in [0.4, 0.5) is 0 Å². The van der Waals surface area contributed by atoms with Crippen molar-refractivity contribution in [3.63, 3.8) is 0 Å². The van der Waals surface area contributed by atoms with Crippen molar-refractivity contribution in [2.45, 2.75) is 13.8 Å². The predicted molar refractivity (Wildman–Crippen MR) is 80.1 cm³/mol. The van der Waals surface area contributed by atoms with Crippen molar-refractivity contribution in [2.24, 2.45) is 0 Å². The number of nitrogens with zero attached hydrogens (tertiary/aromatic N) is 4. The average molecular weight is 294 g/mol. The molecule has 3 aromatic rings. The summed E-state index contributed by atoms with van der Waals surface area (Å²) in [5.41, 5.74) is 2.29. The van der Waals surface area contributed by atoms with Gasteiger partial charge in [0.25, 0.3) is 0 Å². The highest BCUT2D eigenvalue weighted by Gasteiger charge is 2.06. The van der Waals surface area contributed by atoms with Crippen molar-refractivity contribution in [3.8, 4) is 23.5 Å². The van der Waals surface area contributed by atoms with E-state index in [0.29, 0.717) is 11.5 Å². The van der Waals surface area contributed by atoms with Gasteiger partial charge in [-0.2, -0.15) is 0 Å². The van der Waals surface area contributed by atoms with E-state index in [1.807, 2.05) is 62.4 Å². The molecule has 6 heteroatoms. The Labute approximate surface area is 127 Å². The summed E-state index contributed by atoms with van der Waals surface area (Å²) < 4.78 is 10.9. The van der Waals surface area contributed by atoms with E-state index in [0.717, 1.165) is 11.1 Å². The Morgan fingerprint density at radius 3 is 1.18 bits per heavy atom. The molecule has 0 radical (unpaired) electrons. The lowest BCUT2D eigenvalue weighted by molar-refractivity contribution is 0.381. The second-order valence-corrected chi connectivity index (χ2v) is 4.80. The minimum Gasteiger partial charge on any atom is -0.422 e. The fraction of sp³-hybridized carbons (Fsp3) is 0.125. The fourth-order valence-corrected chi connectivity index (χ4v) is 1.72. The van der Waals surface area contributed by atoms with Crippen LogP contribution in [0.3, 0.4) is 0 Å². The standard InChI is InChI=1S/C16H14N4O2/c1-11-3-7-13(8-4-11)21-15-17-19-16(20-18-15)22-14-9-5-12(2)6-10-14/h3-10H,1-2H3. The first-order chi connectivity index (χ1) is 10.7. The Hall–Kier alpha value is -3.02. The second-order valence-electron chi connectivity index (χ2n) is 4.80. The van der Waals surface area contributed by atoms with E-state index in [-0.39, 0.29) is 12.0 Å². The van der Waals surface area contributed by atoms with Crippen molar-refractivity contribution >= 4 is 0 Å². The van der Waals surface area contributed by atoms with Gasteiger partial charge in [-0.25, -0.2) is 0 Å². The summed E-state index contributed by atoms with van der Waals surface area (Å²) in [6, 6.07) is 15.2. The average Bonchev–Trinajstić information content (AvgIpc) is 2.54. The van der Waals surface area contributed by atoms with Gasteiger partial charge in [0.15, 0.2) is 0 Å². The van der Waals surface area contributed by atoms with E-state index in [1.165, 1.54) is 0 Å². The minimum atomic E-state index is 0.0695. The smallest absolute Gasteiger partial charge is 0.360 e. The molecule has 0 saturated heterocycles. The number of aryl methyl sites for hydroxylation is 2. The Bertz CT molecular complexity index is 674. The number of benzene rings is 2. The number of hydrogen-bond donors (Lipinski definition) is 0. The first kappa shape index (κ1) is 13.9. The fourth-order valence-electron chi connectivity index (χ4n) is 1.72. The zero-order chi connectivity index (χ0) is 15.4. The predicted octanol–water partition coefficient (Wildman–Crippen LogP) is 3.47. The van der Waals surface area contributed by atoms with Crippen LogP contribution in [-0.4, -0.2) is 20.4 Å².